The summed E-state index contributed by atoms with van der Waals surface area (Å²) in [4.78, 5) is 0. The zero-order valence-electron chi connectivity index (χ0n) is 9.25. The summed E-state index contributed by atoms with van der Waals surface area (Å²) in [5, 5.41) is 9.03. The van der Waals surface area contributed by atoms with Crippen LogP contribution in [-0.2, 0) is 0 Å². The monoisotopic (exact) mass is 206 g/mol. The molecule has 1 aliphatic heterocycles. The Morgan fingerprint density at radius 1 is 1.27 bits per heavy atom. The van der Waals surface area contributed by atoms with Gasteiger partial charge in [-0.1, -0.05) is 18.2 Å². The van der Waals surface area contributed by atoms with Gasteiger partial charge in [-0.05, 0) is 37.0 Å². The molecular weight excluding hydrogens is 188 g/mol. The van der Waals surface area contributed by atoms with Crippen molar-refractivity contribution in [2.75, 3.05) is 6.61 Å². The second-order valence-corrected chi connectivity index (χ2v) is 4.30. The predicted octanol–water partition coefficient (Wildman–Crippen LogP) is 1.20. The summed E-state index contributed by atoms with van der Waals surface area (Å²) in [5.41, 5.74) is 10.2. The van der Waals surface area contributed by atoms with Crippen molar-refractivity contribution in [2.24, 2.45) is 0 Å². The van der Waals surface area contributed by atoms with Crippen LogP contribution in [0.2, 0.25) is 0 Å². The van der Waals surface area contributed by atoms with Gasteiger partial charge < -0.3 is 5.11 Å². The predicted molar refractivity (Wildman–Crippen MR) is 60.4 cm³/mol. The minimum atomic E-state index is 0.177. The molecule has 2 rings (SSSR count). The zero-order chi connectivity index (χ0) is 10.8. The standard InChI is InChI=1S/C12H18N2O/c1-8-3-4-10(5-9(8)2)12-6-11(7-15)13-14-12/h3-5,11-15H,6-7H2,1-2H3. The Kier molecular flexibility index (Phi) is 3.05. The number of aliphatic hydroxyl groups is 1. The third-order valence-electron chi connectivity index (χ3n) is 3.14. The van der Waals surface area contributed by atoms with Crippen molar-refractivity contribution in [1.29, 1.82) is 0 Å². The summed E-state index contributed by atoms with van der Waals surface area (Å²) in [5.74, 6) is 0. The summed E-state index contributed by atoms with van der Waals surface area (Å²) in [6.07, 6.45) is 0.943. The van der Waals surface area contributed by atoms with Crippen molar-refractivity contribution in [3.05, 3.63) is 34.9 Å². The van der Waals surface area contributed by atoms with Gasteiger partial charge in [0.15, 0.2) is 0 Å². The molecule has 1 aromatic carbocycles. The van der Waals surface area contributed by atoms with Crippen LogP contribution in [0, 0.1) is 13.8 Å². The summed E-state index contributed by atoms with van der Waals surface area (Å²) in [7, 11) is 0. The van der Waals surface area contributed by atoms with Crippen LogP contribution in [0.5, 0.6) is 0 Å². The maximum absolute atomic E-state index is 9.03. The first-order valence-corrected chi connectivity index (χ1v) is 5.40. The molecule has 1 aliphatic rings. The highest BCUT2D eigenvalue weighted by atomic mass is 16.3. The molecule has 2 atom stereocenters. The SMILES string of the molecule is Cc1ccc(C2CC(CO)NN2)cc1C. The maximum atomic E-state index is 9.03. The van der Waals surface area contributed by atoms with E-state index in [0.717, 1.165) is 6.42 Å². The fraction of sp³-hybridized carbons (Fsp3) is 0.500. The quantitative estimate of drug-likeness (QED) is 0.681. The van der Waals surface area contributed by atoms with Crippen LogP contribution in [0.4, 0.5) is 0 Å². The van der Waals surface area contributed by atoms with Crippen molar-refractivity contribution < 1.29 is 5.11 Å². The Balaban J connectivity index is 2.13. The highest BCUT2D eigenvalue weighted by Crippen LogP contribution is 2.23. The third-order valence-corrected chi connectivity index (χ3v) is 3.14. The number of rotatable bonds is 2. The molecule has 3 N–H and O–H groups in total. The van der Waals surface area contributed by atoms with Crippen LogP contribution < -0.4 is 10.9 Å². The van der Waals surface area contributed by atoms with Gasteiger partial charge in [-0.3, -0.25) is 5.43 Å². The van der Waals surface area contributed by atoms with Gasteiger partial charge in [-0.2, -0.15) is 0 Å². The van der Waals surface area contributed by atoms with Crippen LogP contribution in [0.25, 0.3) is 0 Å². The average molecular weight is 206 g/mol. The molecule has 0 radical (unpaired) electrons. The Morgan fingerprint density at radius 2 is 2.07 bits per heavy atom. The van der Waals surface area contributed by atoms with Crippen molar-refractivity contribution >= 4 is 0 Å². The molecule has 82 valence electrons. The molecule has 15 heavy (non-hydrogen) atoms. The molecule has 1 fully saturated rings. The van der Waals surface area contributed by atoms with Crippen molar-refractivity contribution in [3.8, 4) is 0 Å². The number of benzene rings is 1. The van der Waals surface area contributed by atoms with Gasteiger partial charge in [0.2, 0.25) is 0 Å². The average Bonchev–Trinajstić information content (AvgIpc) is 2.70. The number of aliphatic hydroxyl groups excluding tert-OH is 1. The van der Waals surface area contributed by atoms with Gasteiger partial charge in [0.05, 0.1) is 6.61 Å². The van der Waals surface area contributed by atoms with Crippen LogP contribution in [0.3, 0.4) is 0 Å². The van der Waals surface area contributed by atoms with E-state index in [2.05, 4.69) is 42.9 Å². The smallest absolute Gasteiger partial charge is 0.0598 e. The summed E-state index contributed by atoms with van der Waals surface area (Å²) in [6.45, 7) is 4.44. The fourth-order valence-corrected chi connectivity index (χ4v) is 1.94. The van der Waals surface area contributed by atoms with Gasteiger partial charge >= 0.3 is 0 Å². The van der Waals surface area contributed by atoms with E-state index in [0.29, 0.717) is 6.04 Å². The lowest BCUT2D eigenvalue weighted by Gasteiger charge is -2.11. The fourth-order valence-electron chi connectivity index (χ4n) is 1.94. The number of hydrazine groups is 1. The second kappa shape index (κ2) is 4.31. The molecule has 2 unspecified atom stereocenters. The van der Waals surface area contributed by atoms with E-state index in [9.17, 15) is 0 Å². The molecule has 0 bridgehead atoms. The van der Waals surface area contributed by atoms with E-state index in [4.69, 9.17) is 5.11 Å². The molecule has 3 nitrogen and oxygen atoms in total. The van der Waals surface area contributed by atoms with Crippen LogP contribution >= 0.6 is 0 Å². The van der Waals surface area contributed by atoms with E-state index in [1.54, 1.807) is 0 Å². The van der Waals surface area contributed by atoms with Gasteiger partial charge in [0.25, 0.3) is 0 Å². The number of aryl methyl sites for hydroxylation is 2. The minimum Gasteiger partial charge on any atom is -0.395 e. The first kappa shape index (κ1) is 10.6. The second-order valence-electron chi connectivity index (χ2n) is 4.30. The van der Waals surface area contributed by atoms with Crippen molar-refractivity contribution in [1.82, 2.24) is 10.9 Å². The van der Waals surface area contributed by atoms with E-state index in [1.807, 2.05) is 0 Å². The first-order valence-electron chi connectivity index (χ1n) is 5.40. The van der Waals surface area contributed by atoms with Gasteiger partial charge in [0, 0.05) is 12.1 Å². The topological polar surface area (TPSA) is 44.3 Å². The maximum Gasteiger partial charge on any atom is 0.0598 e. The lowest BCUT2D eigenvalue weighted by molar-refractivity contribution is 0.251. The van der Waals surface area contributed by atoms with Gasteiger partial charge in [0.1, 0.15) is 0 Å². The molecule has 3 heteroatoms. The molecule has 1 aromatic rings. The molecule has 0 amide bonds. The normalized spacial score (nSPS) is 25.8. The highest BCUT2D eigenvalue weighted by molar-refractivity contribution is 5.32. The molecule has 0 aromatic heterocycles. The van der Waals surface area contributed by atoms with E-state index < -0.39 is 0 Å². The Morgan fingerprint density at radius 3 is 2.67 bits per heavy atom. The third kappa shape index (κ3) is 2.20. The number of hydrogen-bond acceptors (Lipinski definition) is 3. The Hall–Kier alpha value is -0.900. The van der Waals surface area contributed by atoms with Crippen LogP contribution in [0.1, 0.15) is 29.2 Å². The lowest BCUT2D eigenvalue weighted by Crippen LogP contribution is -2.32. The van der Waals surface area contributed by atoms with Gasteiger partial charge in [-0.25, -0.2) is 5.43 Å². The first-order chi connectivity index (χ1) is 7.20. The lowest BCUT2D eigenvalue weighted by atomic mass is 9.98. The van der Waals surface area contributed by atoms with Crippen LogP contribution in [0.15, 0.2) is 18.2 Å². The summed E-state index contributed by atoms with van der Waals surface area (Å²) < 4.78 is 0. The van der Waals surface area contributed by atoms with E-state index in [-0.39, 0.29) is 12.6 Å². The van der Waals surface area contributed by atoms with Crippen molar-refractivity contribution in [3.63, 3.8) is 0 Å². The highest BCUT2D eigenvalue weighted by Gasteiger charge is 2.24. The van der Waals surface area contributed by atoms with E-state index in [1.165, 1.54) is 16.7 Å². The molecule has 0 spiro atoms. The Labute approximate surface area is 90.5 Å². The number of nitrogens with one attached hydrogen (secondary N) is 2. The summed E-state index contributed by atoms with van der Waals surface area (Å²) >= 11 is 0. The van der Waals surface area contributed by atoms with E-state index >= 15 is 0 Å². The largest absolute Gasteiger partial charge is 0.395 e. The van der Waals surface area contributed by atoms with Gasteiger partial charge in [-0.15, -0.1) is 0 Å². The molecule has 0 saturated carbocycles. The molecule has 1 saturated heterocycles. The molecule has 0 aliphatic carbocycles. The molecule has 1 heterocycles. The number of hydrogen-bond donors (Lipinski definition) is 3. The van der Waals surface area contributed by atoms with Crippen molar-refractivity contribution in [2.45, 2.75) is 32.4 Å². The molecular formula is C12H18N2O. The zero-order valence-corrected chi connectivity index (χ0v) is 9.25. The minimum absolute atomic E-state index is 0.177. The Bertz CT molecular complexity index is 351. The van der Waals surface area contributed by atoms with Crippen LogP contribution in [-0.4, -0.2) is 17.8 Å². The summed E-state index contributed by atoms with van der Waals surface area (Å²) in [6, 6.07) is 7.02.